The van der Waals surface area contributed by atoms with Crippen molar-refractivity contribution < 1.29 is 0 Å². The molecule has 0 aliphatic heterocycles. The van der Waals surface area contributed by atoms with Gasteiger partial charge in [-0.3, -0.25) is 0 Å². The molecule has 3 atom stereocenters. The summed E-state index contributed by atoms with van der Waals surface area (Å²) in [6.45, 7) is 0. The number of rotatable bonds is 0. The van der Waals surface area contributed by atoms with Gasteiger partial charge in [0.2, 0.25) is 0 Å². The third kappa shape index (κ3) is 3.78. The first-order valence-corrected chi connectivity index (χ1v) is 19.7. The molecule has 12 bridgehead atoms. The van der Waals surface area contributed by atoms with Gasteiger partial charge in [0, 0.05) is 17.8 Å². The van der Waals surface area contributed by atoms with Gasteiger partial charge in [-0.05, 0) is 154 Å². The van der Waals surface area contributed by atoms with E-state index in [1.165, 1.54) is 100 Å². The van der Waals surface area contributed by atoms with Crippen molar-refractivity contribution in [3.05, 3.63) is 214 Å². The van der Waals surface area contributed by atoms with Crippen molar-refractivity contribution in [2.24, 2.45) is 0 Å². The maximum absolute atomic E-state index is 2.49. The Morgan fingerprint density at radius 3 is 0.852 bits per heavy atom. The van der Waals surface area contributed by atoms with Crippen molar-refractivity contribution in [2.45, 2.75) is 37.0 Å². The van der Waals surface area contributed by atoms with Gasteiger partial charge in [-0.15, -0.1) is 0 Å². The monoisotopic (exact) mass is 684 g/mol. The van der Waals surface area contributed by atoms with Crippen LogP contribution >= 0.6 is 0 Å². The molecule has 0 N–H and O–H groups in total. The predicted octanol–water partition coefficient (Wildman–Crippen LogP) is 13.4. The first-order valence-electron chi connectivity index (χ1n) is 19.7. The molecule has 3 unspecified atom stereocenters. The van der Waals surface area contributed by atoms with Crippen LogP contribution in [0, 0.1) is 0 Å². The van der Waals surface area contributed by atoms with Gasteiger partial charge < -0.3 is 0 Å². The van der Waals surface area contributed by atoms with Crippen molar-refractivity contribution in [3.8, 4) is 66.8 Å². The van der Waals surface area contributed by atoms with Crippen LogP contribution in [-0.4, -0.2) is 0 Å². The highest BCUT2D eigenvalue weighted by Crippen LogP contribution is 2.65. The molecular weight excluding hydrogens is 649 g/mol. The normalized spacial score (nSPS) is 18.3. The van der Waals surface area contributed by atoms with Crippen LogP contribution in [0.5, 0.6) is 0 Å². The molecular formula is C54H36. The quantitative estimate of drug-likeness (QED) is 0.149. The Balaban J connectivity index is 1.29. The third-order valence-electron chi connectivity index (χ3n) is 13.7. The van der Waals surface area contributed by atoms with E-state index in [1.807, 2.05) is 0 Å². The molecule has 0 radical (unpaired) electrons. The molecule has 6 aliphatic rings. The summed E-state index contributed by atoms with van der Waals surface area (Å²) in [4.78, 5) is 0. The van der Waals surface area contributed by atoms with Gasteiger partial charge in [-0.2, -0.15) is 0 Å². The molecule has 0 amide bonds. The molecule has 0 nitrogen and oxygen atoms in total. The van der Waals surface area contributed by atoms with Crippen LogP contribution in [-0.2, 0) is 19.3 Å². The van der Waals surface area contributed by atoms with Gasteiger partial charge in [-0.1, -0.05) is 146 Å². The lowest BCUT2D eigenvalue weighted by Gasteiger charge is -2.27. The summed E-state index contributed by atoms with van der Waals surface area (Å²) < 4.78 is 0. The van der Waals surface area contributed by atoms with Crippen LogP contribution in [0.3, 0.4) is 0 Å². The Morgan fingerprint density at radius 1 is 0.278 bits per heavy atom. The smallest absolute Gasteiger partial charge is 0.0149 e. The van der Waals surface area contributed by atoms with Gasteiger partial charge in [0.05, 0.1) is 0 Å². The maximum Gasteiger partial charge on any atom is 0.0149 e. The minimum absolute atomic E-state index is 0.251. The van der Waals surface area contributed by atoms with E-state index in [4.69, 9.17) is 0 Å². The van der Waals surface area contributed by atoms with Crippen LogP contribution in [0.15, 0.2) is 164 Å². The van der Waals surface area contributed by atoms with Crippen molar-refractivity contribution in [1.29, 1.82) is 0 Å². The first kappa shape index (κ1) is 29.2. The molecule has 6 aliphatic carbocycles. The standard InChI is InChI=1S/C54H36/c1-4-16-37-31(13-1)28-46-40-19-7-10-22-43(40)49-52(46)50-44-23-11-8-20-41(44)47-29-32-14-2-5-17-38(32)35-25-34(37)26-36(27-35)39-18-6-3-15-33(39)30-48-42-21-9-12-24-45(42)51(53(48)49)54(47)50/h1-27,46-48H,28-30H2. The number of hydrogen-bond acceptors (Lipinski definition) is 0. The van der Waals surface area contributed by atoms with Crippen molar-refractivity contribution >= 4 is 0 Å². The lowest BCUT2D eigenvalue weighted by molar-refractivity contribution is 0.802. The zero-order valence-electron chi connectivity index (χ0n) is 29.9. The van der Waals surface area contributed by atoms with E-state index in [0.717, 1.165) is 19.3 Å². The van der Waals surface area contributed by atoms with Crippen molar-refractivity contribution in [2.75, 3.05) is 0 Å². The molecule has 0 heteroatoms. The molecule has 0 saturated carbocycles. The zero-order chi connectivity index (χ0) is 35.1. The fourth-order valence-electron chi connectivity index (χ4n) is 11.6. The van der Waals surface area contributed by atoms with E-state index < -0.39 is 0 Å². The van der Waals surface area contributed by atoms with Crippen LogP contribution in [0.4, 0.5) is 0 Å². The summed E-state index contributed by atoms with van der Waals surface area (Å²) in [5.74, 6) is 0.752. The second-order valence-electron chi connectivity index (χ2n) is 16.2. The van der Waals surface area contributed by atoms with Crippen LogP contribution in [0.2, 0.25) is 0 Å². The Hall–Kier alpha value is -6.24. The zero-order valence-corrected chi connectivity index (χ0v) is 29.9. The van der Waals surface area contributed by atoms with E-state index in [2.05, 4.69) is 164 Å². The second kappa shape index (κ2) is 10.7. The molecule has 0 heterocycles. The highest BCUT2D eigenvalue weighted by molar-refractivity contribution is 6.03. The van der Waals surface area contributed by atoms with E-state index in [1.54, 1.807) is 16.7 Å². The summed E-state index contributed by atoms with van der Waals surface area (Å²) in [6, 6.07) is 63.7. The maximum atomic E-state index is 2.49. The lowest BCUT2D eigenvalue weighted by atomic mass is 9.76. The van der Waals surface area contributed by atoms with E-state index in [0.29, 0.717) is 0 Å². The van der Waals surface area contributed by atoms with Crippen LogP contribution in [0.25, 0.3) is 66.8 Å². The molecule has 0 spiro atoms. The predicted molar refractivity (Wildman–Crippen MR) is 222 cm³/mol. The molecule has 0 saturated heterocycles. The van der Waals surface area contributed by atoms with Gasteiger partial charge in [-0.25, -0.2) is 0 Å². The fraction of sp³-hybridized carbons (Fsp3) is 0.111. The Morgan fingerprint density at radius 2 is 0.537 bits per heavy atom. The summed E-state index contributed by atoms with van der Waals surface area (Å²) >= 11 is 0. The van der Waals surface area contributed by atoms with Crippen LogP contribution < -0.4 is 0 Å². The Labute approximate surface area is 316 Å². The minimum atomic E-state index is 0.251. The number of hydrogen-bond donors (Lipinski definition) is 0. The SMILES string of the molecule is c1ccc2c(c1)CC1c3ccccc3-c3c1c1c4c5c3C(Cc3ccccc3-c3cc-2cc(c3)-c2ccccc2CC4c2ccccc2-1)c1ccccc1-5. The summed E-state index contributed by atoms with van der Waals surface area (Å²) in [6.07, 6.45) is 2.88. The van der Waals surface area contributed by atoms with Gasteiger partial charge in [0.1, 0.15) is 0 Å². The van der Waals surface area contributed by atoms with Gasteiger partial charge in [0.25, 0.3) is 0 Å². The largest absolute Gasteiger partial charge is 0.0620 e. The molecule has 0 fully saturated rings. The number of fused-ring (bicyclic) bond motifs is 3. The molecule has 8 aromatic carbocycles. The molecule has 14 rings (SSSR count). The van der Waals surface area contributed by atoms with Gasteiger partial charge in [0.15, 0.2) is 0 Å². The molecule has 0 aromatic heterocycles. The molecule has 54 heavy (non-hydrogen) atoms. The lowest BCUT2D eigenvalue weighted by Crippen LogP contribution is -2.11. The fourth-order valence-corrected chi connectivity index (χ4v) is 11.6. The summed E-state index contributed by atoms with van der Waals surface area (Å²) in [7, 11) is 0. The highest BCUT2D eigenvalue weighted by Gasteiger charge is 2.46. The molecule has 252 valence electrons. The minimum Gasteiger partial charge on any atom is -0.0620 e. The summed E-state index contributed by atoms with van der Waals surface area (Å²) in [5, 5.41) is 0. The number of benzene rings is 8. The first-order chi connectivity index (χ1) is 26.8. The van der Waals surface area contributed by atoms with Crippen molar-refractivity contribution in [3.63, 3.8) is 0 Å². The topological polar surface area (TPSA) is 0 Å². The van der Waals surface area contributed by atoms with E-state index in [9.17, 15) is 0 Å². The average molecular weight is 685 g/mol. The average Bonchev–Trinajstić information content (AvgIpc) is 3.83. The van der Waals surface area contributed by atoms with Crippen LogP contribution in [0.1, 0.15) is 67.8 Å². The second-order valence-corrected chi connectivity index (χ2v) is 16.2. The summed E-state index contributed by atoms with van der Waals surface area (Å²) in [5.41, 5.74) is 30.2. The Bertz CT molecular complexity index is 2590. The third-order valence-corrected chi connectivity index (χ3v) is 13.7. The van der Waals surface area contributed by atoms with E-state index in [-0.39, 0.29) is 17.8 Å². The molecule has 8 aromatic rings. The highest BCUT2D eigenvalue weighted by atomic mass is 14.5. The Kier molecular flexibility index (Phi) is 5.78. The van der Waals surface area contributed by atoms with Gasteiger partial charge >= 0.3 is 0 Å². The van der Waals surface area contributed by atoms with E-state index >= 15 is 0 Å². The van der Waals surface area contributed by atoms with Crippen molar-refractivity contribution in [1.82, 2.24) is 0 Å².